The molecule has 3 aromatic rings. The first-order valence-corrected chi connectivity index (χ1v) is 12.0. The van der Waals surface area contributed by atoms with Gasteiger partial charge in [-0.25, -0.2) is 13.4 Å². The minimum Gasteiger partial charge on any atom is -0.302 e. The lowest BCUT2D eigenvalue weighted by Crippen LogP contribution is -2.14. The van der Waals surface area contributed by atoms with Crippen LogP contribution < -0.4 is 5.32 Å². The number of carbonyl (C=O) groups excluding carboxylic acids is 1. The van der Waals surface area contributed by atoms with Gasteiger partial charge in [-0.2, -0.15) is 0 Å². The van der Waals surface area contributed by atoms with Crippen molar-refractivity contribution >= 4 is 48.1 Å². The number of nitrogens with zero attached hydrogens (tertiary/aromatic N) is 1. The Morgan fingerprint density at radius 1 is 1.11 bits per heavy atom. The van der Waals surface area contributed by atoms with Crippen molar-refractivity contribution in [2.24, 2.45) is 0 Å². The van der Waals surface area contributed by atoms with Crippen LogP contribution in [0.15, 0.2) is 63.3 Å². The second-order valence-corrected chi connectivity index (χ2v) is 10.2. The molecule has 0 atom stereocenters. The minimum atomic E-state index is -3.38. The van der Waals surface area contributed by atoms with Gasteiger partial charge < -0.3 is 5.32 Å². The number of carbonyl (C=O) groups is 1. The highest BCUT2D eigenvalue weighted by atomic mass is 79.9. The van der Waals surface area contributed by atoms with Crippen LogP contribution in [0.2, 0.25) is 0 Å². The number of hydrogen-bond acceptors (Lipinski definition) is 5. The van der Waals surface area contributed by atoms with Crippen molar-refractivity contribution in [3.05, 3.63) is 63.9 Å². The molecule has 28 heavy (non-hydrogen) atoms. The molecule has 3 rings (SSSR count). The fourth-order valence-corrected chi connectivity index (χ4v) is 4.86. The monoisotopic (exact) mass is 478 g/mol. The Morgan fingerprint density at radius 2 is 1.79 bits per heavy atom. The summed E-state index contributed by atoms with van der Waals surface area (Å²) in [7, 11) is -3.38. The Bertz CT molecular complexity index is 1060. The molecule has 0 aliphatic carbocycles. The van der Waals surface area contributed by atoms with Crippen LogP contribution in [-0.4, -0.2) is 25.1 Å². The summed E-state index contributed by atoms with van der Waals surface area (Å²) in [6.45, 7) is 1.90. The Hall–Kier alpha value is -2.03. The Balaban J connectivity index is 1.52. The zero-order valence-corrected chi connectivity index (χ0v) is 18.4. The zero-order valence-electron chi connectivity index (χ0n) is 15.2. The summed E-state index contributed by atoms with van der Waals surface area (Å²) >= 11 is 4.74. The summed E-state index contributed by atoms with van der Waals surface area (Å²) in [5.41, 5.74) is 2.75. The SMILES string of the molecule is Cc1ccc(S(=O)(=O)CCCC(=O)Nc2nc(-c3ccc(Br)cc3)cs2)cc1. The molecular formula is C20H19BrN2O3S2. The third kappa shape index (κ3) is 5.50. The highest BCUT2D eigenvalue weighted by molar-refractivity contribution is 9.10. The largest absolute Gasteiger partial charge is 0.302 e. The number of anilines is 1. The molecule has 0 spiro atoms. The normalized spacial score (nSPS) is 11.4. The first-order chi connectivity index (χ1) is 13.3. The standard InChI is InChI=1S/C20H19BrN2O3S2/c1-14-4-10-17(11-5-14)28(25,26)12-2-3-19(24)23-20-22-18(13-27-20)15-6-8-16(21)9-7-15/h4-11,13H,2-3,12H2,1H3,(H,22,23,24). The van der Waals surface area contributed by atoms with E-state index in [2.05, 4.69) is 26.2 Å². The molecule has 0 aliphatic heterocycles. The molecule has 0 radical (unpaired) electrons. The lowest BCUT2D eigenvalue weighted by Gasteiger charge is -2.05. The fraction of sp³-hybridized carbons (Fsp3) is 0.200. The molecule has 0 unspecified atom stereocenters. The van der Waals surface area contributed by atoms with Crippen molar-refractivity contribution in [1.82, 2.24) is 4.98 Å². The summed E-state index contributed by atoms with van der Waals surface area (Å²) in [5, 5.41) is 5.12. The van der Waals surface area contributed by atoms with Gasteiger partial charge in [-0.1, -0.05) is 45.8 Å². The number of aryl methyl sites for hydroxylation is 1. The van der Waals surface area contributed by atoms with Gasteiger partial charge in [-0.3, -0.25) is 4.79 Å². The van der Waals surface area contributed by atoms with Crippen LogP contribution in [0.1, 0.15) is 18.4 Å². The molecule has 0 saturated carbocycles. The molecule has 0 saturated heterocycles. The molecule has 1 N–H and O–H groups in total. The zero-order chi connectivity index (χ0) is 20.1. The number of amides is 1. The summed E-state index contributed by atoms with van der Waals surface area (Å²) in [6.07, 6.45) is 0.380. The van der Waals surface area contributed by atoms with E-state index < -0.39 is 9.84 Å². The number of thiazole rings is 1. The fourth-order valence-electron chi connectivity index (χ4n) is 2.55. The molecule has 1 amide bonds. The first-order valence-electron chi connectivity index (χ1n) is 8.64. The number of aromatic nitrogens is 1. The van der Waals surface area contributed by atoms with E-state index in [1.807, 2.05) is 36.6 Å². The third-order valence-electron chi connectivity index (χ3n) is 4.09. The molecule has 0 fully saturated rings. The van der Waals surface area contributed by atoms with Gasteiger partial charge in [0, 0.05) is 21.8 Å². The van der Waals surface area contributed by atoms with E-state index in [1.54, 1.807) is 24.3 Å². The summed E-state index contributed by atoms with van der Waals surface area (Å²) in [6, 6.07) is 14.5. The van der Waals surface area contributed by atoms with Crippen LogP contribution in [0, 0.1) is 6.92 Å². The molecular weight excluding hydrogens is 460 g/mol. The number of nitrogens with one attached hydrogen (secondary N) is 1. The van der Waals surface area contributed by atoms with Gasteiger partial charge >= 0.3 is 0 Å². The number of halogens is 1. The molecule has 8 heteroatoms. The second-order valence-electron chi connectivity index (χ2n) is 6.33. The molecule has 1 aromatic heterocycles. The lowest BCUT2D eigenvalue weighted by molar-refractivity contribution is -0.116. The summed E-state index contributed by atoms with van der Waals surface area (Å²) in [4.78, 5) is 16.8. The summed E-state index contributed by atoms with van der Waals surface area (Å²) in [5.74, 6) is -0.304. The van der Waals surface area contributed by atoms with E-state index in [0.717, 1.165) is 21.3 Å². The van der Waals surface area contributed by atoms with Crippen LogP contribution in [0.3, 0.4) is 0 Å². The number of sulfone groups is 1. The molecule has 0 bridgehead atoms. The van der Waals surface area contributed by atoms with Crippen LogP contribution in [-0.2, 0) is 14.6 Å². The molecule has 146 valence electrons. The van der Waals surface area contributed by atoms with Gasteiger partial charge in [0.2, 0.25) is 5.91 Å². The van der Waals surface area contributed by atoms with Gasteiger partial charge in [0.05, 0.1) is 16.3 Å². The Labute approximate surface area is 176 Å². The van der Waals surface area contributed by atoms with E-state index >= 15 is 0 Å². The predicted octanol–water partition coefficient (Wildman–Crippen LogP) is 5.07. The predicted molar refractivity (Wildman–Crippen MR) is 116 cm³/mol. The van der Waals surface area contributed by atoms with Gasteiger partial charge in [0.15, 0.2) is 15.0 Å². The number of benzene rings is 2. The van der Waals surface area contributed by atoms with Crippen molar-refractivity contribution in [3.8, 4) is 11.3 Å². The Morgan fingerprint density at radius 3 is 2.46 bits per heavy atom. The van der Waals surface area contributed by atoms with E-state index in [0.29, 0.717) is 5.13 Å². The third-order valence-corrected chi connectivity index (χ3v) is 7.19. The first kappa shape index (κ1) is 20.7. The lowest BCUT2D eigenvalue weighted by atomic mass is 10.2. The van der Waals surface area contributed by atoms with Crippen LogP contribution >= 0.6 is 27.3 Å². The minimum absolute atomic E-state index is 0.0640. The smallest absolute Gasteiger partial charge is 0.226 e. The van der Waals surface area contributed by atoms with Crippen molar-refractivity contribution in [1.29, 1.82) is 0 Å². The second kappa shape index (κ2) is 8.98. The summed E-state index contributed by atoms with van der Waals surface area (Å²) < 4.78 is 25.6. The van der Waals surface area contributed by atoms with Gasteiger partial charge in [0.1, 0.15) is 0 Å². The molecule has 1 heterocycles. The van der Waals surface area contributed by atoms with Gasteiger partial charge in [-0.15, -0.1) is 11.3 Å². The van der Waals surface area contributed by atoms with Gasteiger partial charge in [0.25, 0.3) is 0 Å². The molecule has 0 aliphatic rings. The Kier molecular flexibility index (Phi) is 6.64. The highest BCUT2D eigenvalue weighted by Gasteiger charge is 2.15. The van der Waals surface area contributed by atoms with Crippen molar-refractivity contribution in [2.45, 2.75) is 24.7 Å². The maximum Gasteiger partial charge on any atom is 0.226 e. The average Bonchev–Trinajstić information content (AvgIpc) is 3.11. The highest BCUT2D eigenvalue weighted by Crippen LogP contribution is 2.26. The van der Waals surface area contributed by atoms with Crippen molar-refractivity contribution in [3.63, 3.8) is 0 Å². The van der Waals surface area contributed by atoms with Crippen LogP contribution in [0.25, 0.3) is 11.3 Å². The molecule has 5 nitrogen and oxygen atoms in total. The van der Waals surface area contributed by atoms with Gasteiger partial charge in [-0.05, 0) is 37.6 Å². The van der Waals surface area contributed by atoms with E-state index in [4.69, 9.17) is 0 Å². The topological polar surface area (TPSA) is 76.1 Å². The quantitative estimate of drug-likeness (QED) is 0.513. The van der Waals surface area contributed by atoms with Crippen molar-refractivity contribution in [2.75, 3.05) is 11.1 Å². The van der Waals surface area contributed by atoms with Crippen molar-refractivity contribution < 1.29 is 13.2 Å². The van der Waals surface area contributed by atoms with Crippen LogP contribution in [0.4, 0.5) is 5.13 Å². The van der Waals surface area contributed by atoms with E-state index in [1.165, 1.54) is 11.3 Å². The average molecular weight is 479 g/mol. The maximum atomic E-state index is 12.3. The van der Waals surface area contributed by atoms with E-state index in [9.17, 15) is 13.2 Å². The number of hydrogen-bond donors (Lipinski definition) is 1. The maximum absolute atomic E-state index is 12.3. The van der Waals surface area contributed by atoms with Crippen LogP contribution in [0.5, 0.6) is 0 Å². The number of rotatable bonds is 7. The van der Waals surface area contributed by atoms with E-state index in [-0.39, 0.29) is 29.4 Å². The molecule has 2 aromatic carbocycles.